The molecule has 0 aliphatic rings. The number of ether oxygens (including phenoxy) is 1. The standard InChI is InChI=1S/C25H34ClN3O5S/c1-6-18(3)27-25(31)23(7-2)28(16-19-11-13-20(26)14-12-19)24(30)17-29(35(5,32)33)21-9-8-10-22(15-21)34-4/h8-15,18,23H,6-7,16-17H2,1-5H3,(H,27,31)/t18-,23+/m0/s1. The number of sulfonamides is 1. The quantitative estimate of drug-likeness (QED) is 0.456. The van der Waals surface area contributed by atoms with Crippen molar-refractivity contribution in [2.45, 2.75) is 52.2 Å². The summed E-state index contributed by atoms with van der Waals surface area (Å²) in [5.74, 6) is -0.322. The Morgan fingerprint density at radius 1 is 1.09 bits per heavy atom. The molecule has 2 atom stereocenters. The van der Waals surface area contributed by atoms with E-state index in [2.05, 4.69) is 5.32 Å². The highest BCUT2D eigenvalue weighted by atomic mass is 35.5. The van der Waals surface area contributed by atoms with Gasteiger partial charge < -0.3 is 15.0 Å². The van der Waals surface area contributed by atoms with Gasteiger partial charge in [0.15, 0.2) is 0 Å². The van der Waals surface area contributed by atoms with Crippen LogP contribution in [0.25, 0.3) is 0 Å². The monoisotopic (exact) mass is 523 g/mol. The van der Waals surface area contributed by atoms with E-state index in [1.807, 2.05) is 20.8 Å². The molecule has 0 aliphatic heterocycles. The average Bonchev–Trinajstić information content (AvgIpc) is 2.82. The lowest BCUT2D eigenvalue weighted by Gasteiger charge is -2.33. The number of hydrogen-bond acceptors (Lipinski definition) is 5. The van der Waals surface area contributed by atoms with Crippen molar-refractivity contribution in [3.8, 4) is 5.75 Å². The molecule has 0 aliphatic carbocycles. The molecule has 0 aromatic heterocycles. The number of halogens is 1. The van der Waals surface area contributed by atoms with Crippen LogP contribution in [0, 0.1) is 0 Å². The van der Waals surface area contributed by atoms with Crippen LogP contribution in [0.3, 0.4) is 0 Å². The maximum Gasteiger partial charge on any atom is 0.244 e. The number of amides is 2. The molecule has 2 aromatic carbocycles. The Morgan fingerprint density at radius 3 is 2.29 bits per heavy atom. The third kappa shape index (κ3) is 8.14. The summed E-state index contributed by atoms with van der Waals surface area (Å²) in [6.07, 6.45) is 2.14. The highest BCUT2D eigenvalue weighted by Crippen LogP contribution is 2.24. The summed E-state index contributed by atoms with van der Waals surface area (Å²) < 4.78 is 31.6. The van der Waals surface area contributed by atoms with Crippen LogP contribution in [-0.4, -0.2) is 57.1 Å². The summed E-state index contributed by atoms with van der Waals surface area (Å²) in [6, 6.07) is 12.6. The molecule has 0 saturated carbocycles. The second-order valence-corrected chi connectivity index (χ2v) is 10.7. The van der Waals surface area contributed by atoms with Crippen LogP contribution < -0.4 is 14.4 Å². The third-order valence-electron chi connectivity index (χ3n) is 5.67. The smallest absolute Gasteiger partial charge is 0.244 e. The Balaban J connectivity index is 2.44. The maximum atomic E-state index is 13.6. The van der Waals surface area contributed by atoms with Crippen molar-refractivity contribution in [1.82, 2.24) is 10.2 Å². The number of hydrogen-bond donors (Lipinski definition) is 1. The van der Waals surface area contributed by atoms with E-state index < -0.39 is 28.5 Å². The molecule has 35 heavy (non-hydrogen) atoms. The summed E-state index contributed by atoms with van der Waals surface area (Å²) in [4.78, 5) is 28.2. The number of carbonyl (C=O) groups excluding carboxylic acids is 2. The van der Waals surface area contributed by atoms with Gasteiger partial charge in [-0.3, -0.25) is 13.9 Å². The lowest BCUT2D eigenvalue weighted by Crippen LogP contribution is -2.53. The van der Waals surface area contributed by atoms with Crippen LogP contribution in [0.2, 0.25) is 5.02 Å². The van der Waals surface area contributed by atoms with E-state index in [9.17, 15) is 18.0 Å². The van der Waals surface area contributed by atoms with Crippen LogP contribution in [0.1, 0.15) is 39.2 Å². The normalized spacial score (nSPS) is 13.0. The fraction of sp³-hybridized carbons (Fsp3) is 0.440. The van der Waals surface area contributed by atoms with Crippen molar-refractivity contribution in [2.75, 3.05) is 24.2 Å². The molecule has 192 valence electrons. The molecule has 0 unspecified atom stereocenters. The van der Waals surface area contributed by atoms with E-state index in [0.717, 1.165) is 22.5 Å². The van der Waals surface area contributed by atoms with Crippen molar-refractivity contribution in [3.63, 3.8) is 0 Å². The zero-order valence-corrected chi connectivity index (χ0v) is 22.4. The number of carbonyl (C=O) groups is 2. The average molecular weight is 524 g/mol. The molecule has 0 radical (unpaired) electrons. The van der Waals surface area contributed by atoms with E-state index in [-0.39, 0.29) is 18.5 Å². The molecule has 0 bridgehead atoms. The number of benzene rings is 2. The minimum Gasteiger partial charge on any atom is -0.497 e. The molecule has 2 rings (SSSR count). The molecule has 0 fully saturated rings. The van der Waals surface area contributed by atoms with Crippen LogP contribution in [0.15, 0.2) is 48.5 Å². The van der Waals surface area contributed by atoms with E-state index in [1.54, 1.807) is 48.5 Å². The van der Waals surface area contributed by atoms with E-state index in [1.165, 1.54) is 12.0 Å². The molecule has 2 amide bonds. The van der Waals surface area contributed by atoms with Crippen molar-refractivity contribution >= 4 is 39.1 Å². The number of rotatable bonds is 12. The Morgan fingerprint density at radius 2 is 1.74 bits per heavy atom. The SMILES string of the molecule is CC[C@H](C(=O)N[C@@H](C)CC)N(Cc1ccc(Cl)cc1)C(=O)CN(c1cccc(OC)c1)S(C)(=O)=O. The van der Waals surface area contributed by atoms with Gasteiger partial charge in [-0.2, -0.15) is 0 Å². The molecular weight excluding hydrogens is 490 g/mol. The van der Waals surface area contributed by atoms with Gasteiger partial charge in [-0.15, -0.1) is 0 Å². The zero-order chi connectivity index (χ0) is 26.2. The first kappa shape index (κ1) is 28.5. The van der Waals surface area contributed by atoms with Gasteiger partial charge in [0.1, 0.15) is 18.3 Å². The van der Waals surface area contributed by atoms with Crippen LogP contribution >= 0.6 is 11.6 Å². The van der Waals surface area contributed by atoms with E-state index in [0.29, 0.717) is 22.9 Å². The molecule has 0 saturated heterocycles. The topological polar surface area (TPSA) is 96.0 Å². The molecule has 8 nitrogen and oxygen atoms in total. The van der Waals surface area contributed by atoms with Gasteiger partial charge in [0.2, 0.25) is 21.8 Å². The van der Waals surface area contributed by atoms with E-state index in [4.69, 9.17) is 16.3 Å². The fourth-order valence-electron chi connectivity index (χ4n) is 3.53. The maximum absolute atomic E-state index is 13.6. The number of nitrogens with one attached hydrogen (secondary N) is 1. The van der Waals surface area contributed by atoms with Crippen molar-refractivity contribution < 1.29 is 22.7 Å². The minimum absolute atomic E-state index is 0.0617. The molecule has 1 N–H and O–H groups in total. The van der Waals surface area contributed by atoms with Gasteiger partial charge in [0.25, 0.3) is 0 Å². The van der Waals surface area contributed by atoms with Crippen molar-refractivity contribution in [2.24, 2.45) is 0 Å². The van der Waals surface area contributed by atoms with Crippen LogP contribution in [0.5, 0.6) is 5.75 Å². The molecule has 2 aromatic rings. The van der Waals surface area contributed by atoms with Crippen LogP contribution in [0.4, 0.5) is 5.69 Å². The van der Waals surface area contributed by atoms with E-state index >= 15 is 0 Å². The van der Waals surface area contributed by atoms with Gasteiger partial charge in [0, 0.05) is 23.7 Å². The molecular formula is C25H34ClN3O5S. The third-order valence-corrected chi connectivity index (χ3v) is 7.07. The fourth-order valence-corrected chi connectivity index (χ4v) is 4.49. The van der Waals surface area contributed by atoms with Gasteiger partial charge >= 0.3 is 0 Å². The van der Waals surface area contributed by atoms with Gasteiger partial charge in [0.05, 0.1) is 19.1 Å². The first-order valence-corrected chi connectivity index (χ1v) is 13.7. The van der Waals surface area contributed by atoms with Gasteiger partial charge in [-0.05, 0) is 49.6 Å². The van der Waals surface area contributed by atoms with Gasteiger partial charge in [-0.1, -0.05) is 43.6 Å². The number of methoxy groups -OCH3 is 1. The second kappa shape index (κ2) is 12.8. The number of nitrogens with zero attached hydrogens (tertiary/aromatic N) is 2. The Kier molecular flexibility index (Phi) is 10.4. The Bertz CT molecular complexity index is 1110. The number of anilines is 1. The highest BCUT2D eigenvalue weighted by molar-refractivity contribution is 7.92. The first-order chi connectivity index (χ1) is 16.5. The zero-order valence-electron chi connectivity index (χ0n) is 20.8. The van der Waals surface area contributed by atoms with Crippen molar-refractivity contribution in [1.29, 1.82) is 0 Å². The lowest BCUT2D eigenvalue weighted by atomic mass is 10.1. The Labute approximate surface area is 213 Å². The molecule has 10 heteroatoms. The predicted octanol–water partition coefficient (Wildman–Crippen LogP) is 3.84. The summed E-state index contributed by atoms with van der Waals surface area (Å²) in [6.45, 7) is 5.33. The minimum atomic E-state index is -3.81. The lowest BCUT2D eigenvalue weighted by molar-refractivity contribution is -0.140. The second-order valence-electron chi connectivity index (χ2n) is 8.36. The first-order valence-electron chi connectivity index (χ1n) is 11.5. The highest BCUT2D eigenvalue weighted by Gasteiger charge is 2.32. The summed E-state index contributed by atoms with van der Waals surface area (Å²) >= 11 is 6.01. The largest absolute Gasteiger partial charge is 0.497 e. The Hall–Kier alpha value is -2.78. The van der Waals surface area contributed by atoms with Crippen molar-refractivity contribution in [3.05, 3.63) is 59.1 Å². The molecule has 0 spiro atoms. The van der Waals surface area contributed by atoms with Crippen LogP contribution in [-0.2, 0) is 26.2 Å². The summed E-state index contributed by atoms with van der Waals surface area (Å²) in [5, 5.41) is 3.49. The predicted molar refractivity (Wildman–Crippen MR) is 139 cm³/mol. The summed E-state index contributed by atoms with van der Waals surface area (Å²) in [5.41, 5.74) is 1.06. The molecule has 0 heterocycles. The summed E-state index contributed by atoms with van der Waals surface area (Å²) in [7, 11) is -2.34. The van der Waals surface area contributed by atoms with Gasteiger partial charge in [-0.25, -0.2) is 8.42 Å².